The minimum Gasteiger partial charge on any atom is -0.497 e. The second-order valence-electron chi connectivity index (χ2n) is 11.1. The lowest BCUT2D eigenvalue weighted by Crippen LogP contribution is -2.49. The molecule has 1 aliphatic heterocycles. The molecule has 0 unspecified atom stereocenters. The minimum absolute atomic E-state index is 0.0160. The van der Waals surface area contributed by atoms with Gasteiger partial charge < -0.3 is 29.4 Å². The molecular formula is C32H44N2O7. The zero-order valence-corrected chi connectivity index (χ0v) is 24.9. The Morgan fingerprint density at radius 2 is 1.83 bits per heavy atom. The van der Waals surface area contributed by atoms with E-state index in [1.165, 1.54) is 0 Å². The standard InChI is InChI=1S/C32H44N2O7/c1-6-7-8-19-33-30(37)32(18-17-27(36)41-31(2,3)4)28(24-11-9-12-26(22-24)38-5)40-29(34-32)23-13-15-25(16-14-23)39-21-10-20-35/h9,11-16,22,28,35H,6-8,10,17-21H2,1-5H3,(H,33,37)/t28-,32-/m1/s1. The van der Waals surface area contributed by atoms with Gasteiger partial charge in [0, 0.05) is 31.6 Å². The van der Waals surface area contributed by atoms with Gasteiger partial charge in [-0.2, -0.15) is 0 Å². The Morgan fingerprint density at radius 3 is 2.49 bits per heavy atom. The predicted octanol–water partition coefficient (Wildman–Crippen LogP) is 5.14. The second kappa shape index (κ2) is 14.9. The van der Waals surface area contributed by atoms with Crippen LogP contribution in [0.4, 0.5) is 0 Å². The summed E-state index contributed by atoms with van der Waals surface area (Å²) in [6.07, 6.45) is 2.66. The van der Waals surface area contributed by atoms with Crippen LogP contribution in [0.25, 0.3) is 0 Å². The van der Waals surface area contributed by atoms with Crippen LogP contribution < -0.4 is 14.8 Å². The van der Waals surface area contributed by atoms with Gasteiger partial charge in [-0.25, -0.2) is 4.99 Å². The van der Waals surface area contributed by atoms with Gasteiger partial charge in [-0.3, -0.25) is 9.59 Å². The van der Waals surface area contributed by atoms with Crippen molar-refractivity contribution in [3.05, 3.63) is 59.7 Å². The molecule has 0 fully saturated rings. The normalized spacial score (nSPS) is 18.3. The van der Waals surface area contributed by atoms with Crippen molar-refractivity contribution >= 4 is 17.8 Å². The molecule has 224 valence electrons. The molecule has 0 aromatic heterocycles. The van der Waals surface area contributed by atoms with Crippen LogP contribution in [0.1, 0.15) is 83.5 Å². The monoisotopic (exact) mass is 568 g/mol. The molecule has 2 aromatic carbocycles. The minimum atomic E-state index is -1.42. The van der Waals surface area contributed by atoms with E-state index in [2.05, 4.69) is 12.2 Å². The van der Waals surface area contributed by atoms with E-state index >= 15 is 0 Å². The first-order valence-electron chi connectivity index (χ1n) is 14.4. The maximum Gasteiger partial charge on any atom is 0.306 e. The predicted molar refractivity (Wildman–Crippen MR) is 157 cm³/mol. The summed E-state index contributed by atoms with van der Waals surface area (Å²) in [7, 11) is 1.58. The zero-order valence-electron chi connectivity index (χ0n) is 24.9. The number of esters is 1. The van der Waals surface area contributed by atoms with Crippen LogP contribution in [0.3, 0.4) is 0 Å². The highest BCUT2D eigenvalue weighted by Gasteiger charge is 2.53. The number of nitrogens with one attached hydrogen (secondary N) is 1. The van der Waals surface area contributed by atoms with Gasteiger partial charge in [0.05, 0.1) is 13.7 Å². The number of hydrogen-bond acceptors (Lipinski definition) is 8. The van der Waals surface area contributed by atoms with E-state index in [0.29, 0.717) is 48.1 Å². The van der Waals surface area contributed by atoms with Crippen molar-refractivity contribution in [3.63, 3.8) is 0 Å². The molecule has 0 bridgehead atoms. The van der Waals surface area contributed by atoms with Gasteiger partial charge in [-0.1, -0.05) is 31.9 Å². The number of nitrogens with zero attached hydrogens (tertiary/aromatic N) is 1. The molecule has 2 atom stereocenters. The largest absolute Gasteiger partial charge is 0.497 e. The van der Waals surface area contributed by atoms with Crippen molar-refractivity contribution in [3.8, 4) is 11.5 Å². The van der Waals surface area contributed by atoms with E-state index in [0.717, 1.165) is 19.3 Å². The highest BCUT2D eigenvalue weighted by atomic mass is 16.6. The molecule has 1 amide bonds. The van der Waals surface area contributed by atoms with Gasteiger partial charge in [0.25, 0.3) is 5.91 Å². The molecule has 0 radical (unpaired) electrons. The molecule has 1 heterocycles. The Hall–Kier alpha value is -3.59. The molecule has 9 heteroatoms. The maximum atomic E-state index is 14.0. The Morgan fingerprint density at radius 1 is 1.07 bits per heavy atom. The van der Waals surface area contributed by atoms with Gasteiger partial charge in [-0.15, -0.1) is 0 Å². The second-order valence-corrected chi connectivity index (χ2v) is 11.1. The molecule has 2 aromatic rings. The number of rotatable bonds is 15. The zero-order chi connectivity index (χ0) is 29.9. The average Bonchev–Trinajstić information content (AvgIpc) is 3.35. The fourth-order valence-electron chi connectivity index (χ4n) is 4.59. The average molecular weight is 569 g/mol. The topological polar surface area (TPSA) is 116 Å². The first-order chi connectivity index (χ1) is 19.6. The van der Waals surface area contributed by atoms with Crippen LogP contribution in [0.2, 0.25) is 0 Å². The van der Waals surface area contributed by atoms with E-state index in [4.69, 9.17) is 29.0 Å². The number of carbonyl (C=O) groups is 2. The number of unbranched alkanes of at least 4 members (excludes halogenated alkanes) is 2. The van der Waals surface area contributed by atoms with Crippen LogP contribution in [0, 0.1) is 0 Å². The van der Waals surface area contributed by atoms with Crippen LogP contribution in [0.5, 0.6) is 11.5 Å². The summed E-state index contributed by atoms with van der Waals surface area (Å²) in [4.78, 5) is 31.8. The fourth-order valence-corrected chi connectivity index (χ4v) is 4.59. The third kappa shape index (κ3) is 8.95. The molecule has 0 spiro atoms. The molecule has 9 nitrogen and oxygen atoms in total. The molecule has 2 N–H and O–H groups in total. The molecule has 3 rings (SSSR count). The van der Waals surface area contributed by atoms with Gasteiger partial charge >= 0.3 is 5.97 Å². The van der Waals surface area contributed by atoms with Crippen LogP contribution in [-0.4, -0.2) is 60.9 Å². The van der Waals surface area contributed by atoms with Crippen molar-refractivity contribution in [2.24, 2.45) is 4.99 Å². The third-order valence-electron chi connectivity index (χ3n) is 6.62. The van der Waals surface area contributed by atoms with Crippen molar-refractivity contribution in [1.82, 2.24) is 5.32 Å². The number of ether oxygens (including phenoxy) is 4. The van der Waals surface area contributed by atoms with Gasteiger partial charge in [0.15, 0.2) is 11.6 Å². The highest BCUT2D eigenvalue weighted by molar-refractivity contribution is 6.01. The molecule has 1 aliphatic rings. The summed E-state index contributed by atoms with van der Waals surface area (Å²) in [6.45, 7) is 8.49. The first kappa shape index (κ1) is 31.9. The van der Waals surface area contributed by atoms with Crippen molar-refractivity contribution in [2.45, 2.75) is 83.5 Å². The Bertz CT molecular complexity index is 1170. The molecule has 41 heavy (non-hydrogen) atoms. The van der Waals surface area contributed by atoms with Crippen molar-refractivity contribution in [2.75, 3.05) is 26.9 Å². The van der Waals surface area contributed by atoms with Crippen molar-refractivity contribution < 1.29 is 33.6 Å². The lowest BCUT2D eigenvalue weighted by atomic mass is 9.83. The number of amides is 1. The van der Waals surface area contributed by atoms with E-state index in [-0.39, 0.29) is 25.4 Å². The van der Waals surface area contributed by atoms with Crippen LogP contribution in [-0.2, 0) is 19.1 Å². The number of aliphatic hydroxyl groups is 1. The molecule has 0 aliphatic carbocycles. The quantitative estimate of drug-likeness (QED) is 0.226. The first-order valence-corrected chi connectivity index (χ1v) is 14.4. The Labute approximate surface area is 243 Å². The summed E-state index contributed by atoms with van der Waals surface area (Å²) < 4.78 is 23.2. The Kier molecular flexibility index (Phi) is 11.6. The smallest absolute Gasteiger partial charge is 0.306 e. The highest BCUT2D eigenvalue weighted by Crippen LogP contribution is 2.44. The lowest BCUT2D eigenvalue weighted by Gasteiger charge is -2.31. The molecule has 0 saturated heterocycles. The van der Waals surface area contributed by atoms with E-state index in [1.807, 2.05) is 57.2 Å². The molecule has 0 saturated carbocycles. The Balaban J connectivity index is 2.01. The van der Waals surface area contributed by atoms with E-state index in [9.17, 15) is 9.59 Å². The lowest BCUT2D eigenvalue weighted by molar-refractivity contribution is -0.155. The van der Waals surface area contributed by atoms with Crippen molar-refractivity contribution in [1.29, 1.82) is 0 Å². The number of aliphatic imine (C=N–C) groups is 1. The number of methoxy groups -OCH3 is 1. The number of carbonyl (C=O) groups excluding carboxylic acids is 2. The number of aliphatic hydroxyl groups excluding tert-OH is 1. The van der Waals surface area contributed by atoms with E-state index in [1.54, 1.807) is 19.2 Å². The van der Waals surface area contributed by atoms with Gasteiger partial charge in [0.1, 0.15) is 17.1 Å². The number of hydrogen-bond donors (Lipinski definition) is 2. The number of benzene rings is 2. The summed E-state index contributed by atoms with van der Waals surface area (Å²) in [5.74, 6) is 0.855. The van der Waals surface area contributed by atoms with Gasteiger partial charge in [0.2, 0.25) is 5.90 Å². The summed E-state index contributed by atoms with van der Waals surface area (Å²) >= 11 is 0. The SMILES string of the molecule is CCCCCNC(=O)[C@]1(CCC(=O)OC(C)(C)C)N=C(c2ccc(OCCCO)cc2)O[C@@H]1c1cccc(OC)c1. The third-order valence-corrected chi connectivity index (χ3v) is 6.62. The van der Waals surface area contributed by atoms with Crippen LogP contribution in [0.15, 0.2) is 53.5 Å². The maximum absolute atomic E-state index is 14.0. The van der Waals surface area contributed by atoms with E-state index < -0.39 is 23.2 Å². The summed E-state index contributed by atoms with van der Waals surface area (Å²) in [5, 5.41) is 12.1. The fraction of sp³-hybridized carbons (Fsp3) is 0.531. The summed E-state index contributed by atoms with van der Waals surface area (Å²) in [6, 6.07) is 14.6. The summed E-state index contributed by atoms with van der Waals surface area (Å²) in [5.41, 5.74) is -0.688. The molecular weight excluding hydrogens is 524 g/mol. The van der Waals surface area contributed by atoms with Gasteiger partial charge in [-0.05, 0) is 75.6 Å². The van der Waals surface area contributed by atoms with Crippen LogP contribution >= 0.6 is 0 Å².